The number of primary amides is 1. The van der Waals surface area contributed by atoms with Crippen molar-refractivity contribution in [3.63, 3.8) is 0 Å². The molecule has 1 saturated heterocycles. The van der Waals surface area contributed by atoms with Gasteiger partial charge in [0.15, 0.2) is 0 Å². The van der Waals surface area contributed by atoms with E-state index < -0.39 is 17.8 Å². The van der Waals surface area contributed by atoms with Crippen LogP contribution >= 0.6 is 11.6 Å². The predicted octanol–water partition coefficient (Wildman–Crippen LogP) is 0.655. The van der Waals surface area contributed by atoms with E-state index in [0.717, 1.165) is 0 Å². The van der Waals surface area contributed by atoms with Gasteiger partial charge >= 0.3 is 0 Å². The molecular formula is C13H15ClFN3O2. The molecule has 2 amide bonds. The van der Waals surface area contributed by atoms with Gasteiger partial charge in [-0.05, 0) is 12.1 Å². The van der Waals surface area contributed by atoms with Crippen LogP contribution in [-0.4, -0.2) is 35.8 Å². The van der Waals surface area contributed by atoms with E-state index in [0.29, 0.717) is 23.7 Å². The Labute approximate surface area is 120 Å². The van der Waals surface area contributed by atoms with E-state index in [4.69, 9.17) is 17.3 Å². The topological polar surface area (TPSA) is 75.4 Å². The average Bonchev–Trinajstić information content (AvgIpc) is 2.37. The van der Waals surface area contributed by atoms with Crippen molar-refractivity contribution >= 4 is 23.4 Å². The van der Waals surface area contributed by atoms with Crippen LogP contribution in [-0.2, 0) is 16.1 Å². The molecule has 108 valence electrons. The fourth-order valence-electron chi connectivity index (χ4n) is 2.25. The van der Waals surface area contributed by atoms with E-state index in [2.05, 4.69) is 5.32 Å². The number of halogens is 2. The quantitative estimate of drug-likeness (QED) is 0.857. The van der Waals surface area contributed by atoms with Gasteiger partial charge in [0.2, 0.25) is 11.8 Å². The van der Waals surface area contributed by atoms with Gasteiger partial charge < -0.3 is 11.1 Å². The Morgan fingerprint density at radius 1 is 1.55 bits per heavy atom. The Balaban J connectivity index is 2.21. The van der Waals surface area contributed by atoms with E-state index in [1.807, 2.05) is 0 Å². The Morgan fingerprint density at radius 2 is 2.30 bits per heavy atom. The number of carbonyl (C=O) groups excluding carboxylic acids is 2. The maximum absolute atomic E-state index is 13.8. The summed E-state index contributed by atoms with van der Waals surface area (Å²) in [5, 5.41) is 2.97. The van der Waals surface area contributed by atoms with Crippen LogP contribution in [0.15, 0.2) is 18.2 Å². The highest BCUT2D eigenvalue weighted by molar-refractivity contribution is 6.31. The minimum Gasteiger partial charge on any atom is -0.370 e. The van der Waals surface area contributed by atoms with Gasteiger partial charge in [-0.3, -0.25) is 14.5 Å². The lowest BCUT2D eigenvalue weighted by Crippen LogP contribution is -2.55. The van der Waals surface area contributed by atoms with Crippen molar-refractivity contribution in [1.29, 1.82) is 0 Å². The number of benzene rings is 1. The first-order chi connectivity index (χ1) is 9.49. The van der Waals surface area contributed by atoms with Crippen molar-refractivity contribution < 1.29 is 14.0 Å². The van der Waals surface area contributed by atoms with E-state index >= 15 is 0 Å². The highest BCUT2D eigenvalue weighted by Gasteiger charge is 2.31. The number of nitrogens with two attached hydrogens (primary N) is 1. The highest BCUT2D eigenvalue weighted by atomic mass is 35.5. The monoisotopic (exact) mass is 299 g/mol. The van der Waals surface area contributed by atoms with Crippen LogP contribution in [0.25, 0.3) is 0 Å². The summed E-state index contributed by atoms with van der Waals surface area (Å²) >= 11 is 5.98. The lowest BCUT2D eigenvalue weighted by atomic mass is 10.1. The first-order valence-electron chi connectivity index (χ1n) is 6.22. The second kappa shape index (κ2) is 6.19. The fourth-order valence-corrected chi connectivity index (χ4v) is 2.47. The Hall–Kier alpha value is -1.66. The van der Waals surface area contributed by atoms with E-state index in [-0.39, 0.29) is 18.9 Å². The van der Waals surface area contributed by atoms with Crippen LogP contribution in [0.2, 0.25) is 5.02 Å². The average molecular weight is 300 g/mol. The molecule has 7 heteroatoms. The number of hydrogen-bond acceptors (Lipinski definition) is 3. The van der Waals surface area contributed by atoms with Gasteiger partial charge in [-0.25, -0.2) is 4.39 Å². The third kappa shape index (κ3) is 3.26. The lowest BCUT2D eigenvalue weighted by Gasteiger charge is -2.34. The zero-order valence-electron chi connectivity index (χ0n) is 10.7. The molecule has 20 heavy (non-hydrogen) atoms. The molecule has 1 aliphatic heterocycles. The number of nitrogens with zero attached hydrogens (tertiary/aromatic N) is 1. The smallest absolute Gasteiger partial charge is 0.237 e. The minimum absolute atomic E-state index is 0.0993. The van der Waals surface area contributed by atoms with E-state index in [9.17, 15) is 14.0 Å². The van der Waals surface area contributed by atoms with Crippen molar-refractivity contribution in [3.8, 4) is 0 Å². The summed E-state index contributed by atoms with van der Waals surface area (Å²) in [7, 11) is 0. The van der Waals surface area contributed by atoms with Gasteiger partial charge in [-0.15, -0.1) is 0 Å². The van der Waals surface area contributed by atoms with Crippen molar-refractivity contribution in [2.45, 2.75) is 19.0 Å². The molecule has 0 unspecified atom stereocenters. The summed E-state index contributed by atoms with van der Waals surface area (Å²) in [6.45, 7) is 1.12. The minimum atomic E-state index is -0.683. The summed E-state index contributed by atoms with van der Waals surface area (Å²) in [5.41, 5.74) is 5.47. The molecule has 0 saturated carbocycles. The molecule has 0 aliphatic carbocycles. The summed E-state index contributed by atoms with van der Waals surface area (Å²) in [5.74, 6) is -1.28. The van der Waals surface area contributed by atoms with Crippen LogP contribution in [0.5, 0.6) is 0 Å². The predicted molar refractivity (Wildman–Crippen MR) is 72.4 cm³/mol. The molecule has 0 radical (unpaired) electrons. The van der Waals surface area contributed by atoms with E-state index in [1.54, 1.807) is 11.0 Å². The SMILES string of the molecule is NC(=O)C[C@@H]1C(=O)NCCN1Cc1c(F)cccc1Cl. The molecule has 1 aliphatic rings. The third-order valence-corrected chi connectivity index (χ3v) is 3.61. The van der Waals surface area contributed by atoms with Crippen LogP contribution < -0.4 is 11.1 Å². The van der Waals surface area contributed by atoms with Crippen molar-refractivity contribution in [3.05, 3.63) is 34.6 Å². The van der Waals surface area contributed by atoms with Gasteiger partial charge in [-0.1, -0.05) is 17.7 Å². The molecule has 0 aromatic heterocycles. The Bertz CT molecular complexity index is 518. The number of rotatable bonds is 4. The first-order valence-corrected chi connectivity index (χ1v) is 6.60. The molecule has 0 spiro atoms. The standard InChI is InChI=1S/C13H15ClFN3O2/c14-9-2-1-3-10(15)8(9)7-18-5-4-17-13(20)11(18)6-12(16)19/h1-3,11H,4-7H2,(H2,16,19)(H,17,20)/t11-/m1/s1. The van der Waals surface area contributed by atoms with E-state index in [1.165, 1.54) is 12.1 Å². The number of hydrogen-bond donors (Lipinski definition) is 2. The summed E-state index contributed by atoms with van der Waals surface area (Å²) < 4.78 is 13.8. The van der Waals surface area contributed by atoms with Gasteiger partial charge in [0.1, 0.15) is 5.82 Å². The third-order valence-electron chi connectivity index (χ3n) is 3.26. The Morgan fingerprint density at radius 3 is 2.95 bits per heavy atom. The molecule has 3 N–H and O–H groups in total. The zero-order chi connectivity index (χ0) is 14.7. The maximum Gasteiger partial charge on any atom is 0.237 e. The van der Waals surface area contributed by atoms with Gasteiger partial charge in [0, 0.05) is 30.2 Å². The maximum atomic E-state index is 13.8. The lowest BCUT2D eigenvalue weighted by molar-refractivity contribution is -0.133. The molecule has 1 atom stereocenters. The van der Waals surface area contributed by atoms with Crippen LogP contribution in [0, 0.1) is 5.82 Å². The molecular weight excluding hydrogens is 285 g/mol. The van der Waals surface area contributed by atoms with Gasteiger partial charge in [-0.2, -0.15) is 0 Å². The molecule has 1 heterocycles. The number of piperazine rings is 1. The van der Waals surface area contributed by atoms with Crippen LogP contribution in [0.3, 0.4) is 0 Å². The number of amides is 2. The summed E-state index contributed by atoms with van der Waals surface area (Å²) in [6, 6.07) is 3.74. The Kier molecular flexibility index (Phi) is 4.57. The molecule has 5 nitrogen and oxygen atoms in total. The number of carbonyl (C=O) groups is 2. The summed E-state index contributed by atoms with van der Waals surface area (Å²) in [6.07, 6.45) is -0.0993. The normalized spacial score (nSPS) is 19.7. The molecule has 1 aromatic carbocycles. The van der Waals surface area contributed by atoms with Crippen LogP contribution in [0.4, 0.5) is 4.39 Å². The number of nitrogens with one attached hydrogen (secondary N) is 1. The largest absolute Gasteiger partial charge is 0.370 e. The first kappa shape index (κ1) is 14.7. The van der Waals surface area contributed by atoms with Gasteiger partial charge in [0.05, 0.1) is 12.5 Å². The fraction of sp³-hybridized carbons (Fsp3) is 0.385. The second-order valence-corrected chi connectivity index (χ2v) is 5.06. The zero-order valence-corrected chi connectivity index (χ0v) is 11.5. The summed E-state index contributed by atoms with van der Waals surface area (Å²) in [4.78, 5) is 24.6. The van der Waals surface area contributed by atoms with Gasteiger partial charge in [0.25, 0.3) is 0 Å². The molecule has 0 bridgehead atoms. The second-order valence-electron chi connectivity index (χ2n) is 4.65. The molecule has 1 aromatic rings. The van der Waals surface area contributed by atoms with Crippen molar-refractivity contribution in [2.24, 2.45) is 5.73 Å². The molecule has 2 rings (SSSR count). The molecule has 1 fully saturated rings. The van der Waals surface area contributed by atoms with Crippen molar-refractivity contribution in [2.75, 3.05) is 13.1 Å². The van der Waals surface area contributed by atoms with Crippen LogP contribution in [0.1, 0.15) is 12.0 Å². The highest BCUT2D eigenvalue weighted by Crippen LogP contribution is 2.22. The van der Waals surface area contributed by atoms with Crippen molar-refractivity contribution in [1.82, 2.24) is 10.2 Å².